The van der Waals surface area contributed by atoms with Gasteiger partial charge >= 0.3 is 0 Å². The third-order valence-electron chi connectivity index (χ3n) is 19.7. The van der Waals surface area contributed by atoms with Crippen molar-refractivity contribution < 1.29 is 112 Å². The summed E-state index contributed by atoms with van der Waals surface area (Å²) in [6.45, 7) is 6.41. The molecule has 0 radical (unpaired) electrons. The number of primary amides is 3. The van der Waals surface area contributed by atoms with Crippen LogP contribution in [0.1, 0.15) is 163 Å². The van der Waals surface area contributed by atoms with E-state index in [0.29, 0.717) is 12.0 Å². The van der Waals surface area contributed by atoms with E-state index in [-0.39, 0.29) is 128 Å². The number of carbonyl (C=O) groups is 19. The van der Waals surface area contributed by atoms with Gasteiger partial charge in [0.15, 0.2) is 11.9 Å². The van der Waals surface area contributed by atoms with Crippen LogP contribution in [0.3, 0.4) is 0 Å². The maximum atomic E-state index is 14.8. The highest BCUT2D eigenvalue weighted by Crippen LogP contribution is 2.22. The molecule has 16 atom stereocenters. The lowest BCUT2D eigenvalue weighted by atomic mass is 10.00. The summed E-state index contributed by atoms with van der Waals surface area (Å²) in [6, 6.07) is -19.2. The number of rotatable bonds is 60. The van der Waals surface area contributed by atoms with E-state index in [2.05, 4.69) is 90.4 Å². The Morgan fingerprint density at radius 1 is 0.394 bits per heavy atom. The number of benzene rings is 1. The number of aliphatic hydroxyl groups excluding tert-OH is 3. The molecule has 2 rings (SSSR count). The number of phenolic OH excluding ortho intramolecular Hbond substituents is 1. The fourth-order valence-electron chi connectivity index (χ4n) is 12.7. The van der Waals surface area contributed by atoms with Gasteiger partial charge in [0.25, 0.3) is 0 Å². The van der Waals surface area contributed by atoms with Crippen LogP contribution < -0.4 is 131 Å². The highest BCUT2D eigenvalue weighted by molar-refractivity contribution is 6.01. The first-order chi connectivity index (χ1) is 59.8. The standard InChI is InChI=1S/C77H131N27O23/c1-38(2)33-52(69(121)92-42(6)63(115)101-54(35-105)71(123)90-39(3)60(82)112)99-70(122)53(34-44-20-22-45(109)23-21-44)100-65(117)47(16-9-11-29-79)96-72(124)55(36-106)102-66(118)48(17-12-30-87-76(83)84)95-68(120)50(25-27-59(81)111)97-73(125)56(37-107)103-74(126)57-19-14-32-104(57)75(127)51(18-13-31-88-77(85)86)98-64(116)46(15-8-10-28-78)94-67(119)49(24-26-58(80)110)93-62(114)41(5)91-61(113)40(4)89-43(7)108/h20-23,38-42,46-57,105-107,109H,8-19,24-37,78-79H2,1-7H3,(H2,80,110)(H2,81,111)(H2,82,112)(H,89,108)(H,90,123)(H,91,113)(H,92,121)(H,93,114)(H,94,119)(H,95,120)(H,96,124)(H,97,125)(H,98,116)(H,99,122)(H,100,117)(H,101,115)(H,102,118)(H,103,126)(H4,83,84,87)(H4,85,86,88)/t39-,40-,41-,42-,46-,47-,48-,49-,50-,51-,52-,53-,54-,55-,56-,57-/m0/s1. The number of nitrogens with one attached hydrogen (secondary N) is 19. The van der Waals surface area contributed by atoms with Crippen molar-refractivity contribution in [2.75, 3.05) is 52.5 Å². The van der Waals surface area contributed by atoms with E-state index in [1.54, 1.807) is 13.8 Å². The van der Waals surface area contributed by atoms with E-state index in [4.69, 9.17) is 51.0 Å². The number of amides is 19. The SMILES string of the molecule is CC(=O)N[C@@H](C)C(=O)N[C@@H](C)C(=O)N[C@@H](CCC(N)=O)C(=O)N[C@@H](CCCCN)C(=O)N[C@@H](CCCNC(=N)N)C(=O)N1CCC[C@H]1C(=O)N[C@@H](CO)C(=O)N[C@@H](CCC(N)=O)C(=O)N[C@@H](CCCNC(=N)N)C(=O)N[C@@H](CO)C(=O)N[C@@H](CCCCN)C(=O)N[C@@H](Cc1ccc(O)cc1)C(=O)N[C@@H](CC(C)C)C(=O)N[C@@H](C)C(=O)N[C@@H](CO)C(=O)N[C@@H](C)C(N)=O. The predicted molar refractivity (Wildman–Crippen MR) is 455 cm³/mol. The van der Waals surface area contributed by atoms with Crippen LogP contribution in [-0.4, -0.2) is 299 Å². The molecule has 1 aliphatic rings. The zero-order valence-corrected chi connectivity index (χ0v) is 72.5. The summed E-state index contributed by atoms with van der Waals surface area (Å²) in [7, 11) is 0. The number of aliphatic hydroxyl groups is 3. The molecule has 0 aliphatic carbocycles. The Hall–Kier alpha value is -12.7. The van der Waals surface area contributed by atoms with Crippen LogP contribution in [0.15, 0.2) is 24.3 Å². The molecule has 1 saturated heterocycles. The van der Waals surface area contributed by atoms with Crippen molar-refractivity contribution >= 4 is 124 Å². The van der Waals surface area contributed by atoms with Gasteiger partial charge in [-0.1, -0.05) is 26.0 Å². The number of hydrogen-bond donors (Lipinski definition) is 30. The quantitative estimate of drug-likeness (QED) is 0.0164. The van der Waals surface area contributed by atoms with E-state index in [0.717, 1.165) is 4.90 Å². The van der Waals surface area contributed by atoms with Crippen LogP contribution in [0.5, 0.6) is 5.75 Å². The van der Waals surface area contributed by atoms with Crippen LogP contribution in [0, 0.1) is 16.7 Å². The summed E-state index contributed by atoms with van der Waals surface area (Å²) in [5, 5.41) is 98.3. The van der Waals surface area contributed by atoms with E-state index in [1.807, 2.05) is 0 Å². The number of nitrogens with two attached hydrogens (primary N) is 7. The summed E-state index contributed by atoms with van der Waals surface area (Å²) >= 11 is 0. The number of nitrogens with zero attached hydrogens (tertiary/aromatic N) is 1. The molecule has 50 heteroatoms. The normalized spacial score (nSPS) is 15.8. The minimum absolute atomic E-state index is 0.0151. The summed E-state index contributed by atoms with van der Waals surface area (Å²) in [5.74, 6) is -20.1. The van der Waals surface area contributed by atoms with E-state index in [9.17, 15) is 112 Å². The van der Waals surface area contributed by atoms with Crippen molar-refractivity contribution in [1.82, 2.24) is 95.3 Å². The van der Waals surface area contributed by atoms with Crippen molar-refractivity contribution in [2.45, 2.75) is 261 Å². The summed E-state index contributed by atoms with van der Waals surface area (Å²) < 4.78 is 0. The average molecular weight is 1800 g/mol. The number of phenols is 1. The Bertz CT molecular complexity index is 3940. The first-order valence-electron chi connectivity index (χ1n) is 41.7. The van der Waals surface area contributed by atoms with Gasteiger partial charge in [-0.25, -0.2) is 0 Å². The van der Waals surface area contributed by atoms with Crippen LogP contribution >= 0.6 is 0 Å². The van der Waals surface area contributed by atoms with Gasteiger partial charge in [0, 0.05) is 45.8 Å². The first-order valence-corrected chi connectivity index (χ1v) is 41.7. The summed E-state index contributed by atoms with van der Waals surface area (Å²) in [6.07, 6.45) is -2.34. The molecule has 0 aromatic heterocycles. The molecular weight excluding hydrogens is 1670 g/mol. The van der Waals surface area contributed by atoms with Crippen molar-refractivity contribution in [3.8, 4) is 5.75 Å². The number of carbonyl (C=O) groups excluding carboxylic acids is 19. The minimum Gasteiger partial charge on any atom is -0.508 e. The molecule has 1 heterocycles. The topological polar surface area (TPSA) is 843 Å². The first kappa shape index (κ1) is 110. The lowest BCUT2D eigenvalue weighted by molar-refractivity contribution is -0.143. The zero-order chi connectivity index (χ0) is 95.9. The van der Waals surface area contributed by atoms with Crippen molar-refractivity contribution in [3.05, 3.63) is 29.8 Å². The second-order valence-electron chi connectivity index (χ2n) is 31.0. The molecule has 1 aromatic carbocycles. The average Bonchev–Trinajstić information content (AvgIpc) is 1.71. The smallest absolute Gasteiger partial charge is 0.245 e. The zero-order valence-electron chi connectivity index (χ0n) is 72.5. The number of aromatic hydroxyl groups is 1. The molecule has 0 bridgehead atoms. The number of unbranched alkanes of at least 4 members (excludes halogenated alkanes) is 2. The molecule has 19 amide bonds. The molecule has 1 fully saturated rings. The van der Waals surface area contributed by atoms with Gasteiger partial charge in [0.05, 0.1) is 19.8 Å². The molecule has 50 nitrogen and oxygen atoms in total. The lowest BCUT2D eigenvalue weighted by Gasteiger charge is -2.31. The highest BCUT2D eigenvalue weighted by Gasteiger charge is 2.42. The van der Waals surface area contributed by atoms with Gasteiger partial charge in [-0.3, -0.25) is 102 Å². The molecule has 37 N–H and O–H groups in total. The molecule has 0 spiro atoms. The van der Waals surface area contributed by atoms with E-state index in [1.165, 1.54) is 58.9 Å². The van der Waals surface area contributed by atoms with Gasteiger partial charge < -0.3 is 156 Å². The van der Waals surface area contributed by atoms with Crippen molar-refractivity contribution in [3.63, 3.8) is 0 Å². The molecule has 1 aromatic rings. The minimum atomic E-state index is -1.95. The fourth-order valence-corrected chi connectivity index (χ4v) is 12.7. The lowest BCUT2D eigenvalue weighted by Crippen LogP contribution is -2.61. The Morgan fingerprint density at radius 2 is 0.717 bits per heavy atom. The Kier molecular flexibility index (Phi) is 50.2. The van der Waals surface area contributed by atoms with Gasteiger partial charge in [-0.2, -0.15) is 0 Å². The Morgan fingerprint density at radius 3 is 1.13 bits per heavy atom. The third kappa shape index (κ3) is 41.8. The van der Waals surface area contributed by atoms with Gasteiger partial charge in [0.1, 0.15) is 102 Å². The maximum Gasteiger partial charge on any atom is 0.245 e. The van der Waals surface area contributed by atoms with Crippen LogP contribution in [-0.2, 0) is 97.5 Å². The molecule has 127 heavy (non-hydrogen) atoms. The van der Waals surface area contributed by atoms with Gasteiger partial charge in [-0.15, -0.1) is 0 Å². The van der Waals surface area contributed by atoms with E-state index >= 15 is 0 Å². The third-order valence-corrected chi connectivity index (χ3v) is 19.7. The number of hydrogen-bond acceptors (Lipinski definition) is 27. The molecular formula is C77H131N27O23. The summed E-state index contributed by atoms with van der Waals surface area (Å²) in [4.78, 5) is 259. The predicted octanol–water partition coefficient (Wildman–Crippen LogP) is -11.9. The molecule has 712 valence electrons. The fraction of sp³-hybridized carbons (Fsp3) is 0.649. The summed E-state index contributed by atoms with van der Waals surface area (Å²) in [5.41, 5.74) is 39.1. The van der Waals surface area contributed by atoms with Crippen LogP contribution in [0.2, 0.25) is 0 Å². The Labute approximate surface area is 733 Å². The van der Waals surface area contributed by atoms with Crippen molar-refractivity contribution in [1.29, 1.82) is 10.8 Å². The van der Waals surface area contributed by atoms with Gasteiger partial charge in [-0.05, 0) is 161 Å². The number of likely N-dealkylation sites (tertiary alicyclic amines) is 1. The van der Waals surface area contributed by atoms with Gasteiger partial charge in [0.2, 0.25) is 112 Å². The Balaban J connectivity index is 2.55. The molecule has 0 unspecified atom stereocenters. The second-order valence-corrected chi connectivity index (χ2v) is 31.0. The largest absolute Gasteiger partial charge is 0.508 e. The molecule has 0 saturated carbocycles. The van der Waals surface area contributed by atoms with Crippen LogP contribution in [0.25, 0.3) is 0 Å². The van der Waals surface area contributed by atoms with Crippen LogP contribution in [0.4, 0.5) is 0 Å². The molecule has 1 aliphatic heterocycles. The van der Waals surface area contributed by atoms with E-state index < -0.39 is 266 Å². The maximum absolute atomic E-state index is 14.8. The monoisotopic (exact) mass is 1800 g/mol. The second kappa shape index (κ2) is 57.7. The van der Waals surface area contributed by atoms with Crippen molar-refractivity contribution in [2.24, 2.45) is 46.1 Å². The highest BCUT2D eigenvalue weighted by atomic mass is 16.3. The number of guanidine groups is 2.